The first kappa shape index (κ1) is 16.7. The van der Waals surface area contributed by atoms with Gasteiger partial charge < -0.3 is 9.47 Å². The summed E-state index contributed by atoms with van der Waals surface area (Å²) in [6, 6.07) is 15.1. The molecule has 1 atom stereocenters. The third-order valence-electron chi connectivity index (χ3n) is 3.16. The molecule has 2 rings (SSSR count). The summed E-state index contributed by atoms with van der Waals surface area (Å²) in [6.07, 6.45) is 0. The molecule has 2 aromatic carbocycles. The highest BCUT2D eigenvalue weighted by Gasteiger charge is 2.51. The third-order valence-corrected chi connectivity index (χ3v) is 5.35. The van der Waals surface area contributed by atoms with Crippen molar-refractivity contribution >= 4 is 22.3 Å². The zero-order chi connectivity index (χ0) is 16.9. The summed E-state index contributed by atoms with van der Waals surface area (Å²) in [5.74, 6) is -1.07. The van der Waals surface area contributed by atoms with Crippen molar-refractivity contribution in [2.75, 3.05) is 0 Å². The van der Waals surface area contributed by atoms with Gasteiger partial charge in [0.25, 0.3) is 6.47 Å². The van der Waals surface area contributed by atoms with E-state index in [4.69, 9.17) is 4.74 Å². The maximum Gasteiger partial charge on any atom is 0.372 e. The van der Waals surface area contributed by atoms with E-state index in [-0.39, 0.29) is 17.1 Å². The molecule has 0 radical (unpaired) electrons. The number of rotatable bonds is 6. The van der Waals surface area contributed by atoms with Gasteiger partial charge in [-0.05, 0) is 24.3 Å². The van der Waals surface area contributed by atoms with Crippen LogP contribution in [-0.4, -0.2) is 25.8 Å². The summed E-state index contributed by atoms with van der Waals surface area (Å²) in [5.41, 5.74) is 0. The predicted octanol–water partition coefficient (Wildman–Crippen LogP) is 1.96. The number of hydrogen-bond donors (Lipinski definition) is 0. The number of carbonyl (C=O) groups is 2. The van der Waals surface area contributed by atoms with Crippen molar-refractivity contribution in [3.63, 3.8) is 0 Å². The van der Waals surface area contributed by atoms with Crippen molar-refractivity contribution < 1.29 is 27.5 Å². The fraction of sp³-hybridized carbons (Fsp3) is 0.125. The van der Waals surface area contributed by atoms with Crippen LogP contribution in [0.5, 0.6) is 5.75 Å². The Morgan fingerprint density at radius 1 is 1.00 bits per heavy atom. The number of ether oxygens (including phenoxy) is 2. The first-order valence-electron chi connectivity index (χ1n) is 6.60. The van der Waals surface area contributed by atoms with Gasteiger partial charge in [-0.1, -0.05) is 36.4 Å². The van der Waals surface area contributed by atoms with E-state index in [9.17, 15) is 18.0 Å². The Morgan fingerprint density at radius 3 is 2.04 bits per heavy atom. The molecule has 120 valence electrons. The molecular formula is C16H14O6S. The lowest BCUT2D eigenvalue weighted by Crippen LogP contribution is -2.48. The van der Waals surface area contributed by atoms with E-state index in [1.54, 1.807) is 24.3 Å². The molecule has 1 unspecified atom stereocenters. The zero-order valence-electron chi connectivity index (χ0n) is 12.2. The Balaban J connectivity index is 2.42. The highest BCUT2D eigenvalue weighted by Crippen LogP contribution is 2.28. The number of esters is 1. The normalized spacial score (nSPS) is 13.6. The van der Waals surface area contributed by atoms with Gasteiger partial charge in [0.1, 0.15) is 5.75 Å². The van der Waals surface area contributed by atoms with Gasteiger partial charge in [-0.25, -0.2) is 13.2 Å². The Labute approximate surface area is 133 Å². The van der Waals surface area contributed by atoms with Crippen molar-refractivity contribution in [2.45, 2.75) is 16.8 Å². The summed E-state index contributed by atoms with van der Waals surface area (Å²) in [4.78, 5) is 20.5. The van der Waals surface area contributed by atoms with Gasteiger partial charge >= 0.3 is 10.9 Å². The second kappa shape index (κ2) is 6.62. The predicted molar refractivity (Wildman–Crippen MR) is 81.3 cm³/mol. The number of para-hydroxylation sites is 1. The largest absolute Gasteiger partial charge is 0.433 e. The summed E-state index contributed by atoms with van der Waals surface area (Å²) >= 11 is 0. The topological polar surface area (TPSA) is 86.7 Å². The van der Waals surface area contributed by atoms with Crippen LogP contribution in [0.4, 0.5) is 0 Å². The third kappa shape index (κ3) is 3.24. The van der Waals surface area contributed by atoms with Crippen LogP contribution in [-0.2, 0) is 24.2 Å². The lowest BCUT2D eigenvalue weighted by atomic mass is 10.3. The summed E-state index contributed by atoms with van der Waals surface area (Å²) in [5, 5.41) is 0. The Hall–Kier alpha value is -2.67. The molecule has 0 amide bonds. The molecule has 0 aliphatic carbocycles. The van der Waals surface area contributed by atoms with Gasteiger partial charge in [0.05, 0.1) is 4.90 Å². The van der Waals surface area contributed by atoms with E-state index in [2.05, 4.69) is 4.74 Å². The molecule has 7 heteroatoms. The molecule has 0 N–H and O–H groups in total. The van der Waals surface area contributed by atoms with Crippen molar-refractivity contribution in [3.8, 4) is 5.75 Å². The van der Waals surface area contributed by atoms with Gasteiger partial charge in [-0.15, -0.1) is 0 Å². The summed E-state index contributed by atoms with van der Waals surface area (Å²) in [6.45, 7) is 0.891. The van der Waals surface area contributed by atoms with Crippen molar-refractivity contribution in [2.24, 2.45) is 0 Å². The Kier molecular flexibility index (Phi) is 4.80. The molecule has 6 nitrogen and oxygen atoms in total. The molecule has 0 aliphatic heterocycles. The van der Waals surface area contributed by atoms with Crippen LogP contribution in [0.3, 0.4) is 0 Å². The van der Waals surface area contributed by atoms with Crippen LogP contribution in [0.2, 0.25) is 0 Å². The minimum atomic E-state index is -4.31. The van der Waals surface area contributed by atoms with Crippen LogP contribution >= 0.6 is 0 Å². The van der Waals surface area contributed by atoms with Crippen molar-refractivity contribution in [1.29, 1.82) is 0 Å². The maximum absolute atomic E-state index is 12.7. The SMILES string of the molecule is CC(OC=O)(C(=O)Oc1ccccc1)S(=O)(=O)c1ccccc1. The Morgan fingerprint density at radius 2 is 1.52 bits per heavy atom. The number of benzene rings is 2. The highest BCUT2D eigenvalue weighted by molar-refractivity contribution is 7.93. The van der Waals surface area contributed by atoms with E-state index in [1.807, 2.05) is 0 Å². The quantitative estimate of drug-likeness (QED) is 0.456. The molecule has 0 spiro atoms. The van der Waals surface area contributed by atoms with Gasteiger partial charge in [-0.2, -0.15) is 0 Å². The molecule has 0 saturated carbocycles. The van der Waals surface area contributed by atoms with Crippen LogP contribution in [0.25, 0.3) is 0 Å². The fourth-order valence-corrected chi connectivity index (χ4v) is 3.22. The molecular weight excluding hydrogens is 320 g/mol. The van der Waals surface area contributed by atoms with Crippen LogP contribution in [0.15, 0.2) is 65.6 Å². The van der Waals surface area contributed by atoms with E-state index in [0.717, 1.165) is 6.92 Å². The van der Waals surface area contributed by atoms with Crippen LogP contribution in [0.1, 0.15) is 6.92 Å². The zero-order valence-corrected chi connectivity index (χ0v) is 13.0. The minimum absolute atomic E-state index is 0.0905. The first-order chi connectivity index (χ1) is 10.9. The minimum Gasteiger partial charge on any atom is -0.433 e. The summed E-state index contributed by atoms with van der Waals surface area (Å²) < 4.78 is 35.1. The van der Waals surface area contributed by atoms with E-state index >= 15 is 0 Å². The molecule has 0 aromatic heterocycles. The molecule has 2 aromatic rings. The average molecular weight is 334 g/mol. The second-order valence-corrected chi connectivity index (χ2v) is 6.94. The molecule has 23 heavy (non-hydrogen) atoms. The van der Waals surface area contributed by atoms with Gasteiger partial charge in [0.15, 0.2) is 0 Å². The number of carbonyl (C=O) groups excluding carboxylic acids is 2. The average Bonchev–Trinajstić information content (AvgIpc) is 2.56. The number of sulfone groups is 1. The molecule has 0 aliphatic rings. The lowest BCUT2D eigenvalue weighted by Gasteiger charge is -2.25. The van der Waals surface area contributed by atoms with E-state index < -0.39 is 20.7 Å². The van der Waals surface area contributed by atoms with Crippen molar-refractivity contribution in [3.05, 3.63) is 60.7 Å². The van der Waals surface area contributed by atoms with E-state index in [0.29, 0.717) is 0 Å². The smallest absolute Gasteiger partial charge is 0.372 e. The van der Waals surface area contributed by atoms with Gasteiger partial charge in [0, 0.05) is 6.92 Å². The molecule has 0 fully saturated rings. The van der Waals surface area contributed by atoms with E-state index in [1.165, 1.54) is 36.4 Å². The second-order valence-electron chi connectivity index (χ2n) is 4.68. The molecule has 0 bridgehead atoms. The van der Waals surface area contributed by atoms with Crippen LogP contribution < -0.4 is 4.74 Å². The van der Waals surface area contributed by atoms with Crippen molar-refractivity contribution in [1.82, 2.24) is 0 Å². The summed E-state index contributed by atoms with van der Waals surface area (Å²) in [7, 11) is -4.31. The fourth-order valence-electron chi connectivity index (χ4n) is 1.83. The standard InChI is InChI=1S/C16H14O6S/c1-16(21-12-17,15(18)22-13-8-4-2-5-9-13)23(19,20)14-10-6-3-7-11-14/h2-12H,1H3. The molecule has 0 saturated heterocycles. The van der Waals surface area contributed by atoms with Crippen LogP contribution in [0, 0.1) is 0 Å². The molecule has 0 heterocycles. The first-order valence-corrected chi connectivity index (χ1v) is 8.08. The highest BCUT2D eigenvalue weighted by atomic mass is 32.2. The Bertz CT molecular complexity index is 786. The van der Waals surface area contributed by atoms with Gasteiger partial charge in [0.2, 0.25) is 9.84 Å². The maximum atomic E-state index is 12.7. The lowest BCUT2D eigenvalue weighted by molar-refractivity contribution is -0.157. The monoisotopic (exact) mass is 334 g/mol. The number of hydrogen-bond acceptors (Lipinski definition) is 6. The van der Waals surface area contributed by atoms with Gasteiger partial charge in [-0.3, -0.25) is 4.79 Å².